The van der Waals surface area contributed by atoms with E-state index in [0.717, 1.165) is 38.4 Å². The number of thioether (sulfide) groups is 1. The smallest absolute Gasteiger partial charge is 0.230 e. The van der Waals surface area contributed by atoms with Crippen molar-refractivity contribution < 1.29 is 9.18 Å². The quantitative estimate of drug-likeness (QED) is 0.528. The zero-order valence-electron chi connectivity index (χ0n) is 18.1. The minimum Gasteiger partial charge on any atom is -0.354 e. The fourth-order valence-electron chi connectivity index (χ4n) is 3.60. The van der Waals surface area contributed by atoms with Crippen LogP contribution in [0.25, 0.3) is 17.1 Å². The lowest BCUT2D eigenvalue weighted by molar-refractivity contribution is -0.118. The van der Waals surface area contributed by atoms with Crippen LogP contribution in [0, 0.1) is 5.82 Å². The van der Waals surface area contributed by atoms with Crippen LogP contribution in [0.15, 0.2) is 59.8 Å². The highest BCUT2D eigenvalue weighted by atomic mass is 32.2. The zero-order chi connectivity index (χ0) is 22.3. The monoisotopic (exact) mass is 454 g/mol. The number of nitrogens with one attached hydrogen (secondary N) is 1. The molecule has 0 spiro atoms. The van der Waals surface area contributed by atoms with Crippen LogP contribution in [0.5, 0.6) is 0 Å². The maximum atomic E-state index is 14.5. The number of carbonyl (C=O) groups is 1. The van der Waals surface area contributed by atoms with E-state index >= 15 is 0 Å². The Morgan fingerprint density at radius 1 is 1.03 bits per heavy atom. The Kier molecular flexibility index (Phi) is 7.51. The largest absolute Gasteiger partial charge is 0.354 e. The van der Waals surface area contributed by atoms with Gasteiger partial charge < -0.3 is 10.2 Å². The van der Waals surface area contributed by atoms with Gasteiger partial charge in [-0.1, -0.05) is 42.1 Å². The molecule has 1 saturated heterocycles. The van der Waals surface area contributed by atoms with Crippen LogP contribution in [0.1, 0.15) is 0 Å². The molecule has 1 aromatic heterocycles. The molecule has 4 rings (SSSR count). The van der Waals surface area contributed by atoms with Crippen molar-refractivity contribution in [2.75, 3.05) is 52.1 Å². The number of carbonyl (C=O) groups excluding carboxylic acids is 1. The van der Waals surface area contributed by atoms with Crippen LogP contribution in [0.2, 0.25) is 0 Å². The number of rotatable bonds is 8. The third-order valence-corrected chi connectivity index (χ3v) is 6.37. The van der Waals surface area contributed by atoms with E-state index in [1.807, 2.05) is 30.3 Å². The Morgan fingerprint density at radius 3 is 2.50 bits per heavy atom. The second kappa shape index (κ2) is 10.7. The molecule has 9 heteroatoms. The van der Waals surface area contributed by atoms with Gasteiger partial charge in [-0.2, -0.15) is 0 Å². The number of para-hydroxylation sites is 1. The van der Waals surface area contributed by atoms with Gasteiger partial charge in [0, 0.05) is 45.0 Å². The van der Waals surface area contributed by atoms with E-state index in [2.05, 4.69) is 32.4 Å². The van der Waals surface area contributed by atoms with Gasteiger partial charge in [0.05, 0.1) is 11.3 Å². The first-order chi connectivity index (χ1) is 15.6. The van der Waals surface area contributed by atoms with Gasteiger partial charge in [0.15, 0.2) is 11.0 Å². The Morgan fingerprint density at radius 2 is 1.75 bits per heavy atom. The van der Waals surface area contributed by atoms with Gasteiger partial charge in [-0.25, -0.2) is 4.39 Å². The van der Waals surface area contributed by atoms with E-state index in [1.165, 1.54) is 17.8 Å². The second-order valence-corrected chi connectivity index (χ2v) is 8.68. The molecule has 7 nitrogen and oxygen atoms in total. The molecular formula is C23H27FN6OS. The molecule has 1 aliphatic heterocycles. The molecule has 2 aromatic carbocycles. The number of benzene rings is 2. The van der Waals surface area contributed by atoms with E-state index in [0.29, 0.717) is 23.1 Å². The first-order valence-corrected chi connectivity index (χ1v) is 11.7. The molecule has 1 N–H and O–H groups in total. The molecule has 0 unspecified atom stereocenters. The molecular weight excluding hydrogens is 427 g/mol. The van der Waals surface area contributed by atoms with Gasteiger partial charge in [-0.3, -0.25) is 14.3 Å². The number of hydrogen-bond acceptors (Lipinski definition) is 6. The van der Waals surface area contributed by atoms with Crippen LogP contribution in [-0.4, -0.2) is 82.5 Å². The van der Waals surface area contributed by atoms with Crippen molar-refractivity contribution in [3.8, 4) is 17.1 Å². The predicted molar refractivity (Wildman–Crippen MR) is 124 cm³/mol. The van der Waals surface area contributed by atoms with E-state index in [1.54, 1.807) is 22.8 Å². The maximum Gasteiger partial charge on any atom is 0.230 e. The highest BCUT2D eigenvalue weighted by molar-refractivity contribution is 7.99. The fourth-order valence-corrected chi connectivity index (χ4v) is 4.38. The minimum absolute atomic E-state index is 0.0563. The van der Waals surface area contributed by atoms with Crippen LogP contribution >= 0.6 is 11.8 Å². The summed E-state index contributed by atoms with van der Waals surface area (Å²) in [5.74, 6) is 0.201. The van der Waals surface area contributed by atoms with Gasteiger partial charge in [0.1, 0.15) is 5.82 Å². The maximum absolute atomic E-state index is 14.5. The molecule has 0 atom stereocenters. The van der Waals surface area contributed by atoms with Crippen molar-refractivity contribution in [1.29, 1.82) is 0 Å². The fraction of sp³-hybridized carbons (Fsp3) is 0.348. The molecule has 3 aromatic rings. The summed E-state index contributed by atoms with van der Waals surface area (Å²) in [6, 6.07) is 16.0. The summed E-state index contributed by atoms with van der Waals surface area (Å²) in [5, 5.41) is 12.0. The summed E-state index contributed by atoms with van der Waals surface area (Å²) in [6.07, 6.45) is 0. The lowest BCUT2D eigenvalue weighted by atomic mass is 10.2. The molecule has 0 radical (unpaired) electrons. The number of amides is 1. The zero-order valence-corrected chi connectivity index (χ0v) is 18.9. The summed E-state index contributed by atoms with van der Waals surface area (Å²) < 4.78 is 16.2. The second-order valence-electron chi connectivity index (χ2n) is 7.74. The SMILES string of the molecule is CN1CCN(CCNC(=O)CSc2nnc(-c3ccccc3F)n2-c2ccccc2)CC1. The van der Waals surface area contributed by atoms with Crippen molar-refractivity contribution in [2.45, 2.75) is 5.16 Å². The molecule has 2 heterocycles. The predicted octanol–water partition coefficient (Wildman–Crippen LogP) is 2.53. The van der Waals surface area contributed by atoms with Crippen LogP contribution < -0.4 is 5.32 Å². The summed E-state index contributed by atoms with van der Waals surface area (Å²) >= 11 is 1.29. The van der Waals surface area contributed by atoms with Crippen molar-refractivity contribution in [3.05, 3.63) is 60.4 Å². The number of hydrogen-bond donors (Lipinski definition) is 1. The average molecular weight is 455 g/mol. The first-order valence-electron chi connectivity index (χ1n) is 10.7. The van der Waals surface area contributed by atoms with Gasteiger partial charge >= 0.3 is 0 Å². The standard InChI is InChI=1S/C23H27FN6OS/c1-28-13-15-29(16-14-28)12-11-25-21(31)17-32-23-27-26-22(19-9-5-6-10-20(19)24)30(23)18-7-3-2-4-8-18/h2-10H,11-17H2,1H3,(H,25,31). The summed E-state index contributed by atoms with van der Waals surface area (Å²) in [7, 11) is 2.13. The number of likely N-dealkylation sites (N-methyl/N-ethyl adjacent to an activating group) is 1. The van der Waals surface area contributed by atoms with Crippen molar-refractivity contribution >= 4 is 17.7 Å². The molecule has 1 fully saturated rings. The lowest BCUT2D eigenvalue weighted by Crippen LogP contribution is -2.47. The third kappa shape index (κ3) is 5.53. The number of nitrogens with zero attached hydrogens (tertiary/aromatic N) is 5. The average Bonchev–Trinajstić information content (AvgIpc) is 3.23. The Balaban J connectivity index is 1.41. The van der Waals surface area contributed by atoms with E-state index in [4.69, 9.17) is 0 Å². The van der Waals surface area contributed by atoms with Crippen molar-refractivity contribution in [3.63, 3.8) is 0 Å². The van der Waals surface area contributed by atoms with E-state index in [9.17, 15) is 9.18 Å². The molecule has 0 aliphatic carbocycles. The number of piperazine rings is 1. The Labute approximate surface area is 191 Å². The highest BCUT2D eigenvalue weighted by Gasteiger charge is 2.19. The Bertz CT molecular complexity index is 1040. The summed E-state index contributed by atoms with van der Waals surface area (Å²) in [5.41, 5.74) is 1.18. The summed E-state index contributed by atoms with van der Waals surface area (Å²) in [6.45, 7) is 5.64. The summed E-state index contributed by atoms with van der Waals surface area (Å²) in [4.78, 5) is 17.1. The minimum atomic E-state index is -0.365. The number of aromatic nitrogens is 3. The number of halogens is 1. The molecule has 32 heavy (non-hydrogen) atoms. The normalized spacial score (nSPS) is 15.1. The molecule has 0 saturated carbocycles. The van der Waals surface area contributed by atoms with Crippen molar-refractivity contribution in [1.82, 2.24) is 29.9 Å². The molecule has 1 aliphatic rings. The van der Waals surface area contributed by atoms with Crippen LogP contribution in [0.3, 0.4) is 0 Å². The first kappa shape index (κ1) is 22.4. The van der Waals surface area contributed by atoms with Gasteiger partial charge in [0.2, 0.25) is 5.91 Å². The van der Waals surface area contributed by atoms with Crippen LogP contribution in [0.4, 0.5) is 4.39 Å². The molecule has 168 valence electrons. The third-order valence-electron chi connectivity index (χ3n) is 5.44. The topological polar surface area (TPSA) is 66.3 Å². The molecule has 1 amide bonds. The lowest BCUT2D eigenvalue weighted by Gasteiger charge is -2.32. The van der Waals surface area contributed by atoms with Gasteiger partial charge in [0.25, 0.3) is 0 Å². The Hall–Kier alpha value is -2.75. The van der Waals surface area contributed by atoms with Crippen LogP contribution in [-0.2, 0) is 4.79 Å². The highest BCUT2D eigenvalue weighted by Crippen LogP contribution is 2.29. The molecule has 0 bridgehead atoms. The van der Waals surface area contributed by atoms with Gasteiger partial charge in [-0.15, -0.1) is 10.2 Å². The van der Waals surface area contributed by atoms with Crippen molar-refractivity contribution in [2.24, 2.45) is 0 Å². The van der Waals surface area contributed by atoms with E-state index < -0.39 is 0 Å². The van der Waals surface area contributed by atoms with E-state index in [-0.39, 0.29) is 17.5 Å². The van der Waals surface area contributed by atoms with Gasteiger partial charge in [-0.05, 0) is 31.3 Å².